The van der Waals surface area contributed by atoms with Crippen molar-refractivity contribution in [3.63, 3.8) is 0 Å². The molecule has 1 aromatic rings. The summed E-state index contributed by atoms with van der Waals surface area (Å²) in [5.74, 6) is -0.467. The average molecular weight is 276 g/mol. The molecule has 1 fully saturated rings. The topological polar surface area (TPSA) is 49.4 Å². The molecule has 20 heavy (non-hydrogen) atoms. The summed E-state index contributed by atoms with van der Waals surface area (Å²) in [4.78, 5) is 26.0. The van der Waals surface area contributed by atoms with E-state index in [0.717, 1.165) is 31.7 Å². The Morgan fingerprint density at radius 2 is 2.10 bits per heavy atom. The summed E-state index contributed by atoms with van der Waals surface area (Å²) in [5.41, 5.74) is 1.27. The zero-order valence-electron chi connectivity index (χ0n) is 11.2. The van der Waals surface area contributed by atoms with Gasteiger partial charge >= 0.3 is 0 Å². The largest absolute Gasteiger partial charge is 0.340 e. The first-order valence-electron chi connectivity index (χ1n) is 6.96. The molecule has 106 valence electrons. The maximum Gasteiger partial charge on any atom is 0.223 e. The fraction of sp³-hybridized carbons (Fsp3) is 0.467. The first-order valence-corrected chi connectivity index (χ1v) is 6.96. The number of halogens is 1. The molecule has 1 aliphatic heterocycles. The van der Waals surface area contributed by atoms with Gasteiger partial charge in [-0.2, -0.15) is 0 Å². The molecule has 0 saturated carbocycles. The molecule has 1 aromatic carbocycles. The molecule has 1 aliphatic carbocycles. The molecule has 5 heteroatoms. The van der Waals surface area contributed by atoms with Crippen LogP contribution in [0.25, 0.3) is 0 Å². The first kappa shape index (κ1) is 13.2. The van der Waals surface area contributed by atoms with E-state index < -0.39 is 5.82 Å². The van der Waals surface area contributed by atoms with Gasteiger partial charge in [0.25, 0.3) is 0 Å². The van der Waals surface area contributed by atoms with Gasteiger partial charge in [0.1, 0.15) is 5.82 Å². The van der Waals surface area contributed by atoms with Crippen molar-refractivity contribution in [1.29, 1.82) is 0 Å². The van der Waals surface area contributed by atoms with Crippen molar-refractivity contribution in [3.05, 3.63) is 35.1 Å². The quantitative estimate of drug-likeness (QED) is 0.886. The third-order valence-corrected chi connectivity index (χ3v) is 4.08. The van der Waals surface area contributed by atoms with Gasteiger partial charge in [-0.15, -0.1) is 0 Å². The van der Waals surface area contributed by atoms with Crippen LogP contribution in [0.1, 0.15) is 34.7 Å². The number of fused-ring (bicyclic) bond motifs is 1. The van der Waals surface area contributed by atoms with Crippen LogP contribution in [0.4, 0.5) is 4.39 Å². The molecule has 0 bridgehead atoms. The monoisotopic (exact) mass is 276 g/mol. The Morgan fingerprint density at radius 3 is 2.85 bits per heavy atom. The van der Waals surface area contributed by atoms with E-state index in [4.69, 9.17) is 0 Å². The van der Waals surface area contributed by atoms with Crippen molar-refractivity contribution < 1.29 is 14.0 Å². The normalized spacial score (nSPS) is 21.9. The minimum absolute atomic E-state index is 0.0578. The number of carbonyl (C=O) groups is 2. The van der Waals surface area contributed by atoms with E-state index in [-0.39, 0.29) is 17.6 Å². The van der Waals surface area contributed by atoms with E-state index in [9.17, 15) is 14.0 Å². The number of rotatable bonds is 2. The van der Waals surface area contributed by atoms with Crippen LogP contribution >= 0.6 is 0 Å². The van der Waals surface area contributed by atoms with E-state index in [1.807, 2.05) is 4.90 Å². The molecule has 0 radical (unpaired) electrons. The zero-order chi connectivity index (χ0) is 14.1. The molecular weight excluding hydrogens is 259 g/mol. The predicted octanol–water partition coefficient (Wildman–Crippen LogP) is 1.32. The van der Waals surface area contributed by atoms with Gasteiger partial charge in [0, 0.05) is 50.5 Å². The molecular formula is C15H17FN2O2. The second kappa shape index (κ2) is 5.32. The molecule has 0 spiro atoms. The average Bonchev–Trinajstić information content (AvgIpc) is 2.76. The lowest BCUT2D eigenvalue weighted by Crippen LogP contribution is -2.46. The molecule has 1 atom stereocenters. The second-order valence-corrected chi connectivity index (χ2v) is 5.39. The van der Waals surface area contributed by atoms with Gasteiger partial charge in [0.05, 0.1) is 0 Å². The predicted molar refractivity (Wildman–Crippen MR) is 72.2 cm³/mol. The highest BCUT2D eigenvalue weighted by Crippen LogP contribution is 2.36. The lowest BCUT2D eigenvalue weighted by molar-refractivity contribution is -0.132. The van der Waals surface area contributed by atoms with E-state index >= 15 is 0 Å². The van der Waals surface area contributed by atoms with Gasteiger partial charge in [-0.25, -0.2) is 4.39 Å². The zero-order valence-corrected chi connectivity index (χ0v) is 11.2. The Balaban J connectivity index is 1.73. The molecule has 0 aromatic heterocycles. The number of ketones is 1. The molecule has 3 rings (SSSR count). The smallest absolute Gasteiger partial charge is 0.223 e. The van der Waals surface area contributed by atoms with Gasteiger partial charge in [-0.05, 0) is 17.7 Å². The van der Waals surface area contributed by atoms with Gasteiger partial charge in [-0.1, -0.05) is 6.07 Å². The Morgan fingerprint density at radius 1 is 1.35 bits per heavy atom. The summed E-state index contributed by atoms with van der Waals surface area (Å²) in [6.07, 6.45) is 0.654. The van der Waals surface area contributed by atoms with Crippen molar-refractivity contribution in [2.75, 3.05) is 26.2 Å². The maximum atomic E-state index is 13.2. The fourth-order valence-corrected chi connectivity index (χ4v) is 3.01. The Bertz CT molecular complexity index is 553. The van der Waals surface area contributed by atoms with E-state index in [1.54, 1.807) is 6.07 Å². The number of benzene rings is 1. The Hall–Kier alpha value is -1.75. The maximum absolute atomic E-state index is 13.2. The van der Waals surface area contributed by atoms with Crippen LogP contribution < -0.4 is 5.32 Å². The molecule has 1 unspecified atom stereocenters. The number of Topliss-reactive ketones (excluding diaryl/α,β-unsaturated/α-hetero) is 1. The molecule has 1 N–H and O–H groups in total. The molecule has 4 nitrogen and oxygen atoms in total. The Kier molecular flexibility index (Phi) is 3.53. The second-order valence-electron chi connectivity index (χ2n) is 5.39. The standard InChI is InChI=1S/C15H17FN2O2/c16-11-1-2-12-10(7-14(19)13(12)9-11)8-15(20)18-5-3-17-4-6-18/h1-2,9-10,17H,3-8H2. The molecule has 1 saturated heterocycles. The molecule has 2 aliphatic rings. The number of nitrogens with one attached hydrogen (secondary N) is 1. The van der Waals surface area contributed by atoms with Crippen molar-refractivity contribution >= 4 is 11.7 Å². The van der Waals surface area contributed by atoms with Crippen LogP contribution in [-0.4, -0.2) is 42.8 Å². The van der Waals surface area contributed by atoms with Crippen molar-refractivity contribution in [2.24, 2.45) is 0 Å². The van der Waals surface area contributed by atoms with Crippen LogP contribution in [0, 0.1) is 5.82 Å². The molecule has 1 heterocycles. The number of hydrogen-bond donors (Lipinski definition) is 1. The first-order chi connectivity index (χ1) is 9.65. The van der Waals surface area contributed by atoms with E-state index in [1.165, 1.54) is 12.1 Å². The van der Waals surface area contributed by atoms with Crippen molar-refractivity contribution in [2.45, 2.75) is 18.8 Å². The highest BCUT2D eigenvalue weighted by atomic mass is 19.1. The number of carbonyl (C=O) groups excluding carboxylic acids is 2. The van der Waals surface area contributed by atoms with Crippen LogP contribution in [0.2, 0.25) is 0 Å². The lowest BCUT2D eigenvalue weighted by Gasteiger charge is -2.28. The van der Waals surface area contributed by atoms with E-state index in [2.05, 4.69) is 5.32 Å². The highest BCUT2D eigenvalue weighted by molar-refractivity contribution is 6.02. The van der Waals surface area contributed by atoms with Crippen molar-refractivity contribution in [3.8, 4) is 0 Å². The third kappa shape index (κ3) is 2.45. The third-order valence-electron chi connectivity index (χ3n) is 4.08. The summed E-state index contributed by atoms with van der Waals surface area (Å²) in [5, 5.41) is 3.20. The van der Waals surface area contributed by atoms with Gasteiger partial charge in [0.2, 0.25) is 5.91 Å². The van der Waals surface area contributed by atoms with Crippen LogP contribution in [0.5, 0.6) is 0 Å². The summed E-state index contributed by atoms with van der Waals surface area (Å²) < 4.78 is 13.2. The minimum atomic E-state index is -0.397. The summed E-state index contributed by atoms with van der Waals surface area (Å²) in [6.45, 7) is 3.07. The van der Waals surface area contributed by atoms with Gasteiger partial charge < -0.3 is 10.2 Å². The van der Waals surface area contributed by atoms with Crippen molar-refractivity contribution in [1.82, 2.24) is 10.2 Å². The summed E-state index contributed by atoms with van der Waals surface area (Å²) in [6, 6.07) is 4.29. The highest BCUT2D eigenvalue weighted by Gasteiger charge is 2.32. The number of nitrogens with zero attached hydrogens (tertiary/aromatic N) is 1. The minimum Gasteiger partial charge on any atom is -0.340 e. The van der Waals surface area contributed by atoms with Crippen LogP contribution in [0.3, 0.4) is 0 Å². The van der Waals surface area contributed by atoms with Crippen LogP contribution in [0.15, 0.2) is 18.2 Å². The summed E-state index contributed by atoms with van der Waals surface area (Å²) in [7, 11) is 0. The number of amides is 1. The fourth-order valence-electron chi connectivity index (χ4n) is 3.01. The molecule has 1 amide bonds. The van der Waals surface area contributed by atoms with Crippen LogP contribution in [-0.2, 0) is 4.79 Å². The number of piperazine rings is 1. The lowest BCUT2D eigenvalue weighted by atomic mass is 9.97. The van der Waals surface area contributed by atoms with E-state index in [0.29, 0.717) is 18.4 Å². The Labute approximate surface area is 117 Å². The van der Waals surface area contributed by atoms with Gasteiger partial charge in [0.15, 0.2) is 5.78 Å². The number of hydrogen-bond acceptors (Lipinski definition) is 3. The van der Waals surface area contributed by atoms with Gasteiger partial charge in [-0.3, -0.25) is 9.59 Å². The summed E-state index contributed by atoms with van der Waals surface area (Å²) >= 11 is 0. The SMILES string of the molecule is O=C1CC(CC(=O)N2CCNCC2)c2ccc(F)cc21.